The second kappa shape index (κ2) is 4.80. The van der Waals surface area contributed by atoms with E-state index < -0.39 is 37.0 Å². The van der Waals surface area contributed by atoms with Crippen LogP contribution in [0.25, 0.3) is 0 Å². The zero-order valence-corrected chi connectivity index (χ0v) is 7.10. The fourth-order valence-electron chi connectivity index (χ4n) is 0.713. The average Bonchev–Trinajstić information content (AvgIpc) is 1.94. The molecule has 8 heteroatoms. The maximum Gasteiger partial charge on any atom is 0.401 e. The normalized spacial score (nSPS) is 13.6. The number of hydrogen-bond acceptors (Lipinski definition) is 3. The van der Waals surface area contributed by atoms with Gasteiger partial charge in [0.05, 0.1) is 19.0 Å². The van der Waals surface area contributed by atoms with Crippen molar-refractivity contribution in [2.45, 2.75) is 18.6 Å². The summed E-state index contributed by atoms with van der Waals surface area (Å²) in [6, 6.07) is -1.38. The summed E-state index contributed by atoms with van der Waals surface area (Å²) in [4.78, 5) is 20.9. The molecule has 1 atom stereocenters. The van der Waals surface area contributed by atoms with Crippen LogP contribution in [-0.4, -0.2) is 30.6 Å². The highest BCUT2D eigenvalue weighted by atomic mass is 19.4. The second-order valence-corrected chi connectivity index (χ2v) is 2.62. The lowest BCUT2D eigenvalue weighted by Crippen LogP contribution is -2.47. The first-order chi connectivity index (χ1) is 6.22. The molecule has 0 aliphatic heterocycles. The van der Waals surface area contributed by atoms with Gasteiger partial charge in [-0.2, -0.15) is 13.2 Å². The molecule has 14 heavy (non-hydrogen) atoms. The summed E-state index contributed by atoms with van der Waals surface area (Å²) in [5.41, 5.74) is 9.44. The predicted molar refractivity (Wildman–Crippen MR) is 40.9 cm³/mol. The summed E-state index contributed by atoms with van der Waals surface area (Å²) >= 11 is 0. The van der Waals surface area contributed by atoms with Crippen LogP contribution in [0.5, 0.6) is 0 Å². The van der Waals surface area contributed by atoms with Crippen molar-refractivity contribution in [3.63, 3.8) is 0 Å². The molecule has 0 fully saturated rings. The number of primary amides is 2. The van der Waals surface area contributed by atoms with E-state index in [2.05, 4.69) is 0 Å². The minimum Gasteiger partial charge on any atom is -0.370 e. The van der Waals surface area contributed by atoms with E-state index >= 15 is 0 Å². The monoisotopic (exact) mass is 213 g/mol. The molecule has 0 aliphatic carbocycles. The van der Waals surface area contributed by atoms with Gasteiger partial charge in [-0.25, -0.2) is 0 Å². The fraction of sp³-hybridized carbons (Fsp3) is 0.667. The summed E-state index contributed by atoms with van der Waals surface area (Å²) < 4.78 is 35.1. The molecule has 0 heterocycles. The van der Waals surface area contributed by atoms with Crippen molar-refractivity contribution < 1.29 is 22.8 Å². The molecule has 0 saturated carbocycles. The SMILES string of the molecule is NC(=O)CC(NCC(F)(F)F)C(N)=O. The molecule has 1 unspecified atom stereocenters. The van der Waals surface area contributed by atoms with E-state index in [1.165, 1.54) is 0 Å². The molecular formula is C6H10F3N3O2. The number of rotatable bonds is 5. The molecule has 2 amide bonds. The number of hydrogen-bond donors (Lipinski definition) is 3. The standard InChI is InChI=1S/C6H10F3N3O2/c7-6(8,9)2-12-3(5(11)14)1-4(10)13/h3,12H,1-2H2,(H2,10,13)(H2,11,14). The lowest BCUT2D eigenvalue weighted by Gasteiger charge is -2.14. The molecule has 0 aliphatic rings. The zero-order chi connectivity index (χ0) is 11.4. The number of nitrogens with one attached hydrogen (secondary N) is 1. The van der Waals surface area contributed by atoms with Gasteiger partial charge in [0, 0.05) is 0 Å². The van der Waals surface area contributed by atoms with Gasteiger partial charge in [-0.05, 0) is 0 Å². The molecule has 0 saturated heterocycles. The van der Waals surface area contributed by atoms with E-state index in [0.717, 1.165) is 0 Å². The fourth-order valence-corrected chi connectivity index (χ4v) is 0.713. The van der Waals surface area contributed by atoms with Crippen LogP contribution in [0.1, 0.15) is 6.42 Å². The maximum absolute atomic E-state index is 11.7. The number of carbonyl (C=O) groups excluding carboxylic acids is 2. The molecule has 82 valence electrons. The molecule has 5 nitrogen and oxygen atoms in total. The predicted octanol–water partition coefficient (Wildman–Crippen LogP) is -1.13. The van der Waals surface area contributed by atoms with Crippen molar-refractivity contribution in [2.75, 3.05) is 6.54 Å². The summed E-state index contributed by atoms with van der Waals surface area (Å²) in [6.07, 6.45) is -5.02. The van der Waals surface area contributed by atoms with Gasteiger partial charge in [-0.15, -0.1) is 0 Å². The van der Waals surface area contributed by atoms with E-state index in [9.17, 15) is 22.8 Å². The summed E-state index contributed by atoms with van der Waals surface area (Å²) in [5, 5.41) is 1.79. The van der Waals surface area contributed by atoms with Gasteiger partial charge in [0.1, 0.15) is 0 Å². The van der Waals surface area contributed by atoms with Crippen LogP contribution >= 0.6 is 0 Å². The first kappa shape index (κ1) is 12.7. The largest absolute Gasteiger partial charge is 0.401 e. The third-order valence-corrected chi connectivity index (χ3v) is 1.30. The molecule has 0 aromatic carbocycles. The summed E-state index contributed by atoms with van der Waals surface area (Å²) in [5.74, 6) is -1.95. The van der Waals surface area contributed by atoms with E-state index in [1.807, 2.05) is 0 Å². The van der Waals surface area contributed by atoms with Crippen LogP contribution in [-0.2, 0) is 9.59 Å². The summed E-state index contributed by atoms with van der Waals surface area (Å²) in [6.45, 7) is -1.39. The summed E-state index contributed by atoms with van der Waals surface area (Å²) in [7, 11) is 0. The number of alkyl halides is 3. The quantitative estimate of drug-likeness (QED) is 0.538. The van der Waals surface area contributed by atoms with E-state index in [0.29, 0.717) is 0 Å². The van der Waals surface area contributed by atoms with Gasteiger partial charge in [0.25, 0.3) is 0 Å². The molecular weight excluding hydrogens is 203 g/mol. The number of carbonyl (C=O) groups is 2. The zero-order valence-electron chi connectivity index (χ0n) is 7.10. The Morgan fingerprint density at radius 3 is 2.07 bits per heavy atom. The lowest BCUT2D eigenvalue weighted by molar-refractivity contribution is -0.133. The van der Waals surface area contributed by atoms with E-state index in [1.54, 1.807) is 5.32 Å². The van der Waals surface area contributed by atoms with Crippen LogP contribution in [0.4, 0.5) is 13.2 Å². The molecule has 0 radical (unpaired) electrons. The Morgan fingerprint density at radius 1 is 1.29 bits per heavy atom. The van der Waals surface area contributed by atoms with Gasteiger partial charge < -0.3 is 11.5 Å². The van der Waals surface area contributed by atoms with E-state index in [-0.39, 0.29) is 0 Å². The van der Waals surface area contributed by atoms with Crippen molar-refractivity contribution >= 4 is 11.8 Å². The number of nitrogens with two attached hydrogens (primary N) is 2. The molecule has 0 bridgehead atoms. The first-order valence-electron chi connectivity index (χ1n) is 3.60. The topological polar surface area (TPSA) is 98.2 Å². The molecule has 0 spiro atoms. The molecule has 5 N–H and O–H groups in total. The van der Waals surface area contributed by atoms with Crippen molar-refractivity contribution in [3.05, 3.63) is 0 Å². The van der Waals surface area contributed by atoms with Gasteiger partial charge in [-0.1, -0.05) is 0 Å². The second-order valence-electron chi connectivity index (χ2n) is 2.62. The Balaban J connectivity index is 4.11. The van der Waals surface area contributed by atoms with Gasteiger partial charge in [0.15, 0.2) is 0 Å². The Labute approximate surface area is 77.6 Å². The van der Waals surface area contributed by atoms with Crippen LogP contribution in [0.2, 0.25) is 0 Å². The maximum atomic E-state index is 11.7. The highest BCUT2D eigenvalue weighted by Gasteiger charge is 2.29. The van der Waals surface area contributed by atoms with Gasteiger partial charge in [-0.3, -0.25) is 14.9 Å². The highest BCUT2D eigenvalue weighted by molar-refractivity contribution is 5.86. The van der Waals surface area contributed by atoms with Crippen LogP contribution in [0.15, 0.2) is 0 Å². The Bertz CT molecular complexity index is 229. The van der Waals surface area contributed by atoms with Crippen LogP contribution in [0, 0.1) is 0 Å². The Hall–Kier alpha value is -1.31. The van der Waals surface area contributed by atoms with Crippen molar-refractivity contribution in [1.82, 2.24) is 5.32 Å². The van der Waals surface area contributed by atoms with E-state index in [4.69, 9.17) is 11.5 Å². The molecule has 0 aromatic heterocycles. The first-order valence-corrected chi connectivity index (χ1v) is 3.60. The third kappa shape index (κ3) is 6.23. The number of amides is 2. The lowest BCUT2D eigenvalue weighted by atomic mass is 10.2. The van der Waals surface area contributed by atoms with Gasteiger partial charge >= 0.3 is 6.18 Å². The van der Waals surface area contributed by atoms with Crippen molar-refractivity contribution in [1.29, 1.82) is 0 Å². The van der Waals surface area contributed by atoms with Crippen molar-refractivity contribution in [2.24, 2.45) is 11.5 Å². The third-order valence-electron chi connectivity index (χ3n) is 1.30. The Kier molecular flexibility index (Phi) is 4.35. The van der Waals surface area contributed by atoms with Gasteiger partial charge in [0.2, 0.25) is 11.8 Å². The average molecular weight is 213 g/mol. The highest BCUT2D eigenvalue weighted by Crippen LogP contribution is 2.12. The molecule has 0 rings (SSSR count). The number of halogens is 3. The minimum atomic E-state index is -4.47. The Morgan fingerprint density at radius 2 is 1.79 bits per heavy atom. The smallest absolute Gasteiger partial charge is 0.370 e. The minimum absolute atomic E-state index is 0.550. The molecule has 0 aromatic rings. The van der Waals surface area contributed by atoms with Crippen LogP contribution in [0.3, 0.4) is 0 Å². The van der Waals surface area contributed by atoms with Crippen molar-refractivity contribution in [3.8, 4) is 0 Å². The van der Waals surface area contributed by atoms with Crippen LogP contribution < -0.4 is 16.8 Å².